The van der Waals surface area contributed by atoms with Gasteiger partial charge in [0.2, 0.25) is 5.91 Å². The van der Waals surface area contributed by atoms with Gasteiger partial charge in [-0.05, 0) is 54.7 Å². The van der Waals surface area contributed by atoms with Gasteiger partial charge in [-0.2, -0.15) is 13.2 Å². The van der Waals surface area contributed by atoms with E-state index in [0.29, 0.717) is 32.4 Å². The first kappa shape index (κ1) is 25.4. The highest BCUT2D eigenvalue weighted by molar-refractivity contribution is 6.31. The van der Waals surface area contributed by atoms with Crippen LogP contribution in [-0.2, 0) is 30.4 Å². The number of nitrogens with zero attached hydrogens (tertiary/aromatic N) is 2. The number of likely N-dealkylation sites (tertiary alicyclic amines) is 1. The van der Waals surface area contributed by atoms with Gasteiger partial charge in [0.05, 0.1) is 17.2 Å². The first-order valence-corrected chi connectivity index (χ1v) is 12.3. The summed E-state index contributed by atoms with van der Waals surface area (Å²) in [5.41, 5.74) is 2.48. The van der Waals surface area contributed by atoms with E-state index in [9.17, 15) is 33.0 Å². The summed E-state index contributed by atoms with van der Waals surface area (Å²) in [6, 6.07) is 10.0. The number of amides is 1. The van der Waals surface area contributed by atoms with Crippen LogP contribution in [0, 0.1) is 5.92 Å². The zero-order valence-corrected chi connectivity index (χ0v) is 20.4. The fourth-order valence-electron chi connectivity index (χ4n) is 5.26. The Bertz CT molecular complexity index is 1360. The molecule has 5 rings (SSSR count). The molecule has 0 radical (unpaired) electrons. The van der Waals surface area contributed by atoms with Crippen molar-refractivity contribution in [1.29, 1.82) is 0 Å². The molecular formula is C27H24ClF3N2O4. The monoisotopic (exact) mass is 532 g/mol. The summed E-state index contributed by atoms with van der Waals surface area (Å²) < 4.78 is 43.1. The van der Waals surface area contributed by atoms with E-state index in [1.807, 2.05) is 0 Å². The molecule has 3 aromatic rings. The molecule has 2 N–H and O–H groups in total. The number of rotatable bonds is 5. The van der Waals surface area contributed by atoms with E-state index in [1.54, 1.807) is 27.8 Å². The average Bonchev–Trinajstić information content (AvgIpc) is 3.20. The van der Waals surface area contributed by atoms with Crippen molar-refractivity contribution in [1.82, 2.24) is 9.47 Å². The Balaban J connectivity index is 1.56. The van der Waals surface area contributed by atoms with Gasteiger partial charge in [0.25, 0.3) is 0 Å². The fourth-order valence-corrected chi connectivity index (χ4v) is 5.49. The topological polar surface area (TPSA) is 82.8 Å². The maximum atomic E-state index is 13.8. The van der Waals surface area contributed by atoms with Crippen molar-refractivity contribution in [3.05, 3.63) is 81.6 Å². The molecule has 2 heterocycles. The molecule has 2 aromatic carbocycles. The van der Waals surface area contributed by atoms with Crippen molar-refractivity contribution >= 4 is 23.5 Å². The minimum absolute atomic E-state index is 0.00244. The summed E-state index contributed by atoms with van der Waals surface area (Å²) in [7, 11) is 0. The van der Waals surface area contributed by atoms with Crippen molar-refractivity contribution in [2.75, 3.05) is 13.1 Å². The second kappa shape index (κ2) is 9.54. The van der Waals surface area contributed by atoms with E-state index in [-0.39, 0.29) is 34.5 Å². The molecule has 37 heavy (non-hydrogen) atoms. The predicted octanol–water partition coefficient (Wildman–Crippen LogP) is 4.88. The molecule has 10 heteroatoms. The molecule has 1 saturated heterocycles. The van der Waals surface area contributed by atoms with Crippen LogP contribution in [0.3, 0.4) is 0 Å². The van der Waals surface area contributed by atoms with Crippen LogP contribution in [-0.4, -0.2) is 50.8 Å². The number of carbonyl (C=O) groups excluding carboxylic acids is 1. The Morgan fingerprint density at radius 3 is 2.41 bits per heavy atom. The third-order valence-electron chi connectivity index (χ3n) is 7.21. The maximum Gasteiger partial charge on any atom is 0.416 e. The number of aliphatic hydroxyl groups is 1. The predicted molar refractivity (Wildman–Crippen MR) is 130 cm³/mol. The first-order valence-electron chi connectivity index (χ1n) is 11.9. The fraction of sp³-hybridized carbons (Fsp3) is 0.333. The molecule has 1 aliphatic carbocycles. The largest absolute Gasteiger partial charge is 0.478 e. The smallest absolute Gasteiger partial charge is 0.416 e. The number of hydrogen-bond acceptors (Lipinski definition) is 3. The summed E-state index contributed by atoms with van der Waals surface area (Å²) in [4.78, 5) is 25.9. The standard InChI is InChI=1S/C27H24ClF3N2O4/c28-23-3-1-2-22(27(29,30)31)21(23)14-32-13-20(15-4-6-16(7-5-15)26(36)37)19-9-8-17(10-24(19)32)25(35)33-11-18(34)12-33/h1-7,13,17-18,34H,8-12,14H2,(H,36,37). The highest BCUT2D eigenvalue weighted by Crippen LogP contribution is 2.39. The number of fused-ring (bicyclic) bond motifs is 1. The molecule has 1 aliphatic heterocycles. The number of aliphatic hydroxyl groups excluding tert-OH is 1. The van der Waals surface area contributed by atoms with Gasteiger partial charge in [-0.1, -0.05) is 29.8 Å². The summed E-state index contributed by atoms with van der Waals surface area (Å²) in [6.45, 7) is 0.450. The molecule has 1 amide bonds. The van der Waals surface area contributed by atoms with Crippen molar-refractivity contribution in [2.24, 2.45) is 5.92 Å². The summed E-state index contributed by atoms with van der Waals surface area (Å²) in [5, 5.41) is 18.8. The van der Waals surface area contributed by atoms with E-state index in [2.05, 4.69) is 0 Å². The second-order valence-electron chi connectivity index (χ2n) is 9.58. The number of carbonyl (C=O) groups is 2. The summed E-state index contributed by atoms with van der Waals surface area (Å²) in [6.07, 6.45) is -1.88. The first-order chi connectivity index (χ1) is 17.5. The van der Waals surface area contributed by atoms with E-state index in [4.69, 9.17) is 11.6 Å². The molecule has 1 aromatic heterocycles. The molecule has 1 fully saturated rings. The normalized spacial score (nSPS) is 17.9. The molecular weight excluding hydrogens is 509 g/mol. The minimum Gasteiger partial charge on any atom is -0.478 e. The van der Waals surface area contributed by atoms with Crippen molar-refractivity contribution < 1.29 is 33.0 Å². The van der Waals surface area contributed by atoms with Gasteiger partial charge in [-0.3, -0.25) is 4.79 Å². The number of benzene rings is 2. The lowest BCUT2D eigenvalue weighted by Crippen LogP contribution is -2.55. The number of carboxylic acid groups (broad SMARTS) is 1. The Kier molecular flexibility index (Phi) is 6.53. The van der Waals surface area contributed by atoms with Crippen LogP contribution >= 0.6 is 11.6 Å². The lowest BCUT2D eigenvalue weighted by molar-refractivity contribution is -0.146. The SMILES string of the molecule is O=C(O)c1ccc(-c2cn(Cc3c(Cl)cccc3C(F)(F)F)c3c2CCC(C(=O)N2CC(O)C2)C3)cc1. The molecule has 6 nitrogen and oxygen atoms in total. The number of carboxylic acids is 1. The maximum absolute atomic E-state index is 13.8. The van der Waals surface area contributed by atoms with Crippen LogP contribution in [0.4, 0.5) is 13.2 Å². The average molecular weight is 533 g/mol. The summed E-state index contributed by atoms with van der Waals surface area (Å²) in [5.74, 6) is -1.46. The van der Waals surface area contributed by atoms with Crippen molar-refractivity contribution in [2.45, 2.75) is 38.1 Å². The zero-order valence-electron chi connectivity index (χ0n) is 19.6. The number of halogens is 4. The highest BCUT2D eigenvalue weighted by atomic mass is 35.5. The van der Waals surface area contributed by atoms with Crippen LogP contribution in [0.25, 0.3) is 11.1 Å². The number of aromatic carboxylic acids is 1. The summed E-state index contributed by atoms with van der Waals surface area (Å²) >= 11 is 6.25. The van der Waals surface area contributed by atoms with Crippen LogP contribution in [0.15, 0.2) is 48.7 Å². The van der Waals surface area contributed by atoms with Gasteiger partial charge in [0, 0.05) is 53.6 Å². The second-order valence-corrected chi connectivity index (χ2v) is 9.99. The number of aromatic nitrogens is 1. The van der Waals surface area contributed by atoms with Gasteiger partial charge < -0.3 is 19.7 Å². The van der Waals surface area contributed by atoms with E-state index < -0.39 is 23.8 Å². The lowest BCUT2D eigenvalue weighted by atomic mass is 9.84. The van der Waals surface area contributed by atoms with E-state index in [1.165, 1.54) is 24.3 Å². The molecule has 1 unspecified atom stereocenters. The third kappa shape index (κ3) is 4.85. The van der Waals surface area contributed by atoms with E-state index in [0.717, 1.165) is 28.5 Å². The van der Waals surface area contributed by atoms with Crippen LogP contribution in [0.1, 0.15) is 39.2 Å². The molecule has 1 atom stereocenters. The van der Waals surface area contributed by atoms with Crippen LogP contribution < -0.4 is 0 Å². The lowest BCUT2D eigenvalue weighted by Gasteiger charge is -2.39. The Labute approximate surface area is 215 Å². The van der Waals surface area contributed by atoms with Gasteiger partial charge in [-0.25, -0.2) is 4.79 Å². The van der Waals surface area contributed by atoms with Gasteiger partial charge in [0.15, 0.2) is 0 Å². The Morgan fingerprint density at radius 2 is 1.78 bits per heavy atom. The Hall–Kier alpha value is -3.30. The number of β-amino-alcohol motifs (C(OH)–C–C–N with tert-alkyl or cyclic N) is 1. The van der Waals surface area contributed by atoms with Crippen LogP contribution in [0.5, 0.6) is 0 Å². The highest BCUT2D eigenvalue weighted by Gasteiger charge is 2.38. The molecule has 0 spiro atoms. The molecule has 0 bridgehead atoms. The minimum atomic E-state index is -4.58. The zero-order chi connectivity index (χ0) is 26.5. The van der Waals surface area contributed by atoms with Crippen LogP contribution in [0.2, 0.25) is 5.02 Å². The Morgan fingerprint density at radius 1 is 1.08 bits per heavy atom. The molecule has 0 saturated carbocycles. The van der Waals surface area contributed by atoms with Gasteiger partial charge >= 0.3 is 12.1 Å². The van der Waals surface area contributed by atoms with Gasteiger partial charge in [0.1, 0.15) is 0 Å². The third-order valence-corrected chi connectivity index (χ3v) is 7.56. The molecule has 194 valence electrons. The number of alkyl halides is 3. The van der Waals surface area contributed by atoms with Crippen molar-refractivity contribution in [3.8, 4) is 11.1 Å². The van der Waals surface area contributed by atoms with E-state index >= 15 is 0 Å². The van der Waals surface area contributed by atoms with Gasteiger partial charge in [-0.15, -0.1) is 0 Å². The van der Waals surface area contributed by atoms with Crippen molar-refractivity contribution in [3.63, 3.8) is 0 Å². The quantitative estimate of drug-likeness (QED) is 0.490. The molecule has 2 aliphatic rings. The number of hydrogen-bond donors (Lipinski definition) is 2.